The number of rotatable bonds is 6. The smallest absolute Gasteiger partial charge is 0.252 e. The summed E-state index contributed by atoms with van der Waals surface area (Å²) in [4.78, 5) is 11.3. The quantitative estimate of drug-likeness (QED) is 0.630. The first-order chi connectivity index (χ1) is 12.5. The number of amides is 1. The molecule has 6 heteroatoms. The molecule has 2 aromatic carbocycles. The zero-order valence-electron chi connectivity index (χ0n) is 14.7. The van der Waals surface area contributed by atoms with Crippen molar-refractivity contribution in [2.75, 3.05) is 13.7 Å². The van der Waals surface area contributed by atoms with Crippen LogP contribution in [0.5, 0.6) is 11.5 Å². The van der Waals surface area contributed by atoms with E-state index in [0.29, 0.717) is 12.1 Å². The molecule has 1 aliphatic rings. The molecule has 138 valence electrons. The van der Waals surface area contributed by atoms with E-state index in [1.54, 1.807) is 13.2 Å². The van der Waals surface area contributed by atoms with Crippen molar-refractivity contribution in [2.24, 2.45) is 5.73 Å². The number of nitrogens with one attached hydrogen (secondary N) is 1. The molecule has 1 aliphatic carbocycles. The van der Waals surface area contributed by atoms with E-state index in [2.05, 4.69) is 17.4 Å². The Morgan fingerprint density at radius 2 is 2.12 bits per heavy atom. The number of benzene rings is 2. The molecule has 0 aromatic heterocycles. The number of hydrogen-bond acceptors (Lipinski definition) is 5. The maximum atomic E-state index is 11.3. The van der Waals surface area contributed by atoms with Gasteiger partial charge in [-0.1, -0.05) is 12.1 Å². The summed E-state index contributed by atoms with van der Waals surface area (Å²) in [6, 6.07) is 10.8. The van der Waals surface area contributed by atoms with Gasteiger partial charge >= 0.3 is 0 Å². The average molecular weight is 356 g/mol. The Balaban J connectivity index is 1.62. The van der Waals surface area contributed by atoms with Gasteiger partial charge in [-0.05, 0) is 60.2 Å². The normalized spacial score (nSPS) is 17.4. The second-order valence-electron chi connectivity index (χ2n) is 6.64. The van der Waals surface area contributed by atoms with Gasteiger partial charge in [0.15, 0.2) is 0 Å². The van der Waals surface area contributed by atoms with Gasteiger partial charge < -0.3 is 26.0 Å². The molecule has 2 atom stereocenters. The third kappa shape index (κ3) is 3.98. The van der Waals surface area contributed by atoms with Gasteiger partial charge in [-0.25, -0.2) is 0 Å². The van der Waals surface area contributed by atoms with E-state index in [0.717, 1.165) is 25.0 Å². The van der Waals surface area contributed by atoms with E-state index < -0.39 is 12.0 Å². The number of aliphatic hydroxyl groups is 1. The molecule has 0 saturated heterocycles. The molecule has 0 spiro atoms. The molecule has 6 nitrogen and oxygen atoms in total. The number of ether oxygens (including phenoxy) is 1. The number of aliphatic hydroxyl groups excluding tert-OH is 1. The topological polar surface area (TPSA) is 105 Å². The fourth-order valence-electron chi connectivity index (χ4n) is 3.39. The van der Waals surface area contributed by atoms with Crippen LogP contribution in [0.1, 0.15) is 39.6 Å². The van der Waals surface area contributed by atoms with Crippen LogP contribution in [-0.4, -0.2) is 35.8 Å². The highest BCUT2D eigenvalue weighted by molar-refractivity contribution is 5.95. The molecular formula is C20H24N2O4. The molecule has 1 amide bonds. The minimum atomic E-state index is -0.791. The van der Waals surface area contributed by atoms with Crippen molar-refractivity contribution in [1.82, 2.24) is 5.32 Å². The lowest BCUT2D eigenvalue weighted by molar-refractivity contribution is 0.0997. The first kappa shape index (κ1) is 18.2. The van der Waals surface area contributed by atoms with Crippen LogP contribution in [0.3, 0.4) is 0 Å². The first-order valence-corrected chi connectivity index (χ1v) is 8.68. The van der Waals surface area contributed by atoms with E-state index in [1.807, 2.05) is 6.07 Å². The number of primary amides is 1. The minimum absolute atomic E-state index is 0.0141. The van der Waals surface area contributed by atoms with Crippen molar-refractivity contribution in [3.05, 3.63) is 58.7 Å². The molecule has 2 unspecified atom stereocenters. The number of aryl methyl sites for hydroxylation is 1. The summed E-state index contributed by atoms with van der Waals surface area (Å²) in [5.74, 6) is -0.0471. The molecule has 0 fully saturated rings. The molecule has 0 heterocycles. The molecule has 0 saturated carbocycles. The summed E-state index contributed by atoms with van der Waals surface area (Å²) in [5.41, 5.74) is 8.40. The lowest BCUT2D eigenvalue weighted by Crippen LogP contribution is -2.37. The van der Waals surface area contributed by atoms with Crippen molar-refractivity contribution >= 4 is 5.91 Å². The first-order valence-electron chi connectivity index (χ1n) is 8.68. The van der Waals surface area contributed by atoms with Crippen LogP contribution in [0.25, 0.3) is 0 Å². The third-order valence-corrected chi connectivity index (χ3v) is 4.91. The van der Waals surface area contributed by atoms with Crippen molar-refractivity contribution in [1.29, 1.82) is 0 Å². The van der Waals surface area contributed by atoms with Gasteiger partial charge in [-0.2, -0.15) is 0 Å². The minimum Gasteiger partial charge on any atom is -0.507 e. The fraction of sp³-hybridized carbons (Fsp3) is 0.350. The zero-order chi connectivity index (χ0) is 18.7. The Morgan fingerprint density at radius 1 is 1.31 bits per heavy atom. The van der Waals surface area contributed by atoms with E-state index in [1.165, 1.54) is 23.3 Å². The highest BCUT2D eigenvalue weighted by Gasteiger charge is 2.20. The second-order valence-corrected chi connectivity index (χ2v) is 6.64. The number of carbonyl (C=O) groups is 1. The Morgan fingerprint density at radius 3 is 2.85 bits per heavy atom. The van der Waals surface area contributed by atoms with Crippen molar-refractivity contribution in [3.8, 4) is 11.5 Å². The number of methoxy groups -OCH3 is 1. The summed E-state index contributed by atoms with van der Waals surface area (Å²) in [6.07, 6.45) is 2.06. The SMILES string of the molecule is COc1ccc2c(c1)CC(NCC(O)c1ccc(O)c(C(N)=O)c1)CC2. The van der Waals surface area contributed by atoms with Gasteiger partial charge in [0, 0.05) is 12.6 Å². The predicted molar refractivity (Wildman–Crippen MR) is 98.4 cm³/mol. The molecule has 5 N–H and O–H groups in total. The lowest BCUT2D eigenvalue weighted by atomic mass is 9.88. The maximum absolute atomic E-state index is 11.3. The highest BCUT2D eigenvalue weighted by atomic mass is 16.5. The summed E-state index contributed by atoms with van der Waals surface area (Å²) >= 11 is 0. The molecule has 0 radical (unpaired) electrons. The van der Waals surface area contributed by atoms with Crippen LogP contribution in [0.2, 0.25) is 0 Å². The number of carbonyl (C=O) groups excluding carboxylic acids is 1. The Labute approximate surface area is 152 Å². The Bertz CT molecular complexity index is 806. The largest absolute Gasteiger partial charge is 0.507 e. The standard InChI is InChI=1S/C20H24N2O4/c1-26-16-6-3-12-2-5-15(8-14(12)9-16)22-11-19(24)13-4-7-18(23)17(10-13)20(21)25/h3-4,6-7,9-10,15,19,22-24H,2,5,8,11H2,1H3,(H2,21,25). The monoisotopic (exact) mass is 356 g/mol. The van der Waals surface area contributed by atoms with Crippen LogP contribution in [0.15, 0.2) is 36.4 Å². The van der Waals surface area contributed by atoms with E-state index in [9.17, 15) is 15.0 Å². The Kier molecular flexibility index (Phi) is 5.44. The van der Waals surface area contributed by atoms with Crippen LogP contribution in [-0.2, 0) is 12.8 Å². The van der Waals surface area contributed by atoms with Crippen LogP contribution in [0, 0.1) is 0 Å². The van der Waals surface area contributed by atoms with Gasteiger partial charge in [0.1, 0.15) is 11.5 Å². The van der Waals surface area contributed by atoms with Crippen molar-refractivity contribution in [3.63, 3.8) is 0 Å². The van der Waals surface area contributed by atoms with Gasteiger partial charge in [-0.15, -0.1) is 0 Å². The van der Waals surface area contributed by atoms with E-state index >= 15 is 0 Å². The number of aromatic hydroxyl groups is 1. The van der Waals surface area contributed by atoms with Gasteiger partial charge in [0.05, 0.1) is 18.8 Å². The number of phenols is 1. The maximum Gasteiger partial charge on any atom is 0.252 e. The molecule has 2 aromatic rings. The second kappa shape index (κ2) is 7.76. The van der Waals surface area contributed by atoms with Crippen LogP contribution >= 0.6 is 0 Å². The predicted octanol–water partition coefficient (Wildman–Crippen LogP) is 1.68. The van der Waals surface area contributed by atoms with E-state index in [4.69, 9.17) is 10.5 Å². The Hall–Kier alpha value is -2.57. The van der Waals surface area contributed by atoms with Gasteiger partial charge in [0.25, 0.3) is 5.91 Å². The van der Waals surface area contributed by atoms with Gasteiger partial charge in [0.2, 0.25) is 0 Å². The van der Waals surface area contributed by atoms with Crippen LogP contribution in [0.4, 0.5) is 0 Å². The average Bonchev–Trinajstić information content (AvgIpc) is 2.65. The zero-order valence-corrected chi connectivity index (χ0v) is 14.7. The number of nitrogens with two attached hydrogens (primary N) is 1. The summed E-state index contributed by atoms with van der Waals surface area (Å²) < 4.78 is 5.29. The van der Waals surface area contributed by atoms with Crippen molar-refractivity contribution < 1.29 is 19.7 Å². The molecule has 0 aliphatic heterocycles. The summed E-state index contributed by atoms with van der Waals surface area (Å²) in [5, 5.41) is 23.4. The highest BCUT2D eigenvalue weighted by Crippen LogP contribution is 2.26. The van der Waals surface area contributed by atoms with Crippen molar-refractivity contribution in [2.45, 2.75) is 31.4 Å². The molecular weight excluding hydrogens is 332 g/mol. The summed E-state index contributed by atoms with van der Waals surface area (Å²) in [6.45, 7) is 0.354. The third-order valence-electron chi connectivity index (χ3n) is 4.91. The summed E-state index contributed by atoms with van der Waals surface area (Å²) in [7, 11) is 1.66. The van der Waals surface area contributed by atoms with E-state index in [-0.39, 0.29) is 17.4 Å². The molecule has 0 bridgehead atoms. The fourth-order valence-corrected chi connectivity index (χ4v) is 3.39. The molecule has 26 heavy (non-hydrogen) atoms. The molecule has 3 rings (SSSR count). The lowest BCUT2D eigenvalue weighted by Gasteiger charge is -2.27. The number of fused-ring (bicyclic) bond motifs is 1. The van der Waals surface area contributed by atoms with Crippen LogP contribution < -0.4 is 15.8 Å². The number of hydrogen-bond donors (Lipinski definition) is 4. The van der Waals surface area contributed by atoms with Gasteiger partial charge in [-0.3, -0.25) is 4.79 Å².